The number of hydrogen-bond donors (Lipinski definition) is 1. The molecule has 2 atom stereocenters. The fourth-order valence-electron chi connectivity index (χ4n) is 3.03. The van der Waals surface area contributed by atoms with Crippen LogP contribution < -0.4 is 5.32 Å². The molecule has 3 heteroatoms. The van der Waals surface area contributed by atoms with Crippen molar-refractivity contribution in [3.8, 4) is 0 Å². The van der Waals surface area contributed by atoms with Crippen LogP contribution >= 0.6 is 15.9 Å². The van der Waals surface area contributed by atoms with Gasteiger partial charge in [0.1, 0.15) is 0 Å². The topological polar surface area (TPSA) is 15.3 Å². The molecule has 0 saturated carbocycles. The van der Waals surface area contributed by atoms with Crippen LogP contribution in [0.2, 0.25) is 0 Å². The van der Waals surface area contributed by atoms with Crippen LogP contribution in [-0.2, 0) is 0 Å². The van der Waals surface area contributed by atoms with Crippen LogP contribution in [0.15, 0.2) is 28.7 Å². The highest BCUT2D eigenvalue weighted by atomic mass is 79.9. The average Bonchev–Trinajstić information content (AvgIpc) is 2.64. The van der Waals surface area contributed by atoms with Crippen molar-refractivity contribution in [3.05, 3.63) is 34.3 Å². The third-order valence-electron chi connectivity index (χ3n) is 4.33. The van der Waals surface area contributed by atoms with Gasteiger partial charge in [0.15, 0.2) is 0 Å². The van der Waals surface area contributed by atoms with Crippen LogP contribution in [0, 0.1) is 0 Å². The van der Waals surface area contributed by atoms with Gasteiger partial charge in [-0.05, 0) is 70.8 Å². The van der Waals surface area contributed by atoms with Crippen LogP contribution in [0.3, 0.4) is 0 Å². The molecule has 1 N–H and O–H groups in total. The van der Waals surface area contributed by atoms with Crippen molar-refractivity contribution in [2.24, 2.45) is 0 Å². The molecule has 1 fully saturated rings. The van der Waals surface area contributed by atoms with E-state index in [-0.39, 0.29) is 0 Å². The van der Waals surface area contributed by atoms with E-state index in [0.29, 0.717) is 18.1 Å². The van der Waals surface area contributed by atoms with Gasteiger partial charge in [-0.15, -0.1) is 0 Å². The highest BCUT2D eigenvalue weighted by molar-refractivity contribution is 9.10. The summed E-state index contributed by atoms with van der Waals surface area (Å²) in [7, 11) is 0. The van der Waals surface area contributed by atoms with E-state index in [4.69, 9.17) is 0 Å². The molecule has 112 valence electrons. The van der Waals surface area contributed by atoms with Crippen LogP contribution in [0.25, 0.3) is 0 Å². The minimum atomic E-state index is 0.420. The lowest BCUT2D eigenvalue weighted by Crippen LogP contribution is -2.34. The summed E-state index contributed by atoms with van der Waals surface area (Å²) < 4.78 is 1.16. The molecular formula is C17H27BrN2. The normalized spacial score (nSPS) is 22.8. The number of halogens is 1. The Labute approximate surface area is 132 Å². The molecule has 20 heavy (non-hydrogen) atoms. The van der Waals surface area contributed by atoms with E-state index in [1.165, 1.54) is 37.9 Å². The molecule has 1 aliphatic rings. The maximum Gasteiger partial charge on any atom is 0.0294 e. The summed E-state index contributed by atoms with van der Waals surface area (Å²) in [6.45, 7) is 9.35. The number of rotatable bonds is 4. The Morgan fingerprint density at radius 3 is 2.70 bits per heavy atom. The molecule has 0 spiro atoms. The van der Waals surface area contributed by atoms with Gasteiger partial charge in [0.05, 0.1) is 0 Å². The summed E-state index contributed by atoms with van der Waals surface area (Å²) in [4.78, 5) is 2.60. The van der Waals surface area contributed by atoms with Gasteiger partial charge in [0.25, 0.3) is 0 Å². The predicted molar refractivity (Wildman–Crippen MR) is 90.0 cm³/mol. The SMILES string of the molecule is CC(NC1CCCN(C(C)C)CC1)c1cccc(Br)c1. The molecule has 0 aliphatic carbocycles. The molecule has 0 amide bonds. The van der Waals surface area contributed by atoms with Gasteiger partial charge in [-0.1, -0.05) is 28.1 Å². The smallest absolute Gasteiger partial charge is 0.0294 e. The van der Waals surface area contributed by atoms with E-state index in [1.54, 1.807) is 0 Å². The number of hydrogen-bond acceptors (Lipinski definition) is 2. The summed E-state index contributed by atoms with van der Waals surface area (Å²) in [6, 6.07) is 10.4. The van der Waals surface area contributed by atoms with Crippen molar-refractivity contribution in [2.75, 3.05) is 13.1 Å². The average molecular weight is 339 g/mol. The van der Waals surface area contributed by atoms with Crippen LogP contribution in [-0.4, -0.2) is 30.1 Å². The first-order valence-corrected chi connectivity index (χ1v) is 8.61. The molecule has 2 nitrogen and oxygen atoms in total. The van der Waals surface area contributed by atoms with Crippen molar-refractivity contribution in [1.29, 1.82) is 0 Å². The third kappa shape index (κ3) is 4.57. The zero-order valence-electron chi connectivity index (χ0n) is 12.9. The molecule has 1 heterocycles. The second-order valence-electron chi connectivity index (χ2n) is 6.20. The lowest BCUT2D eigenvalue weighted by molar-refractivity contribution is 0.228. The fourth-order valence-corrected chi connectivity index (χ4v) is 3.44. The molecule has 1 aromatic carbocycles. The van der Waals surface area contributed by atoms with Gasteiger partial charge in [0.2, 0.25) is 0 Å². The Hall–Kier alpha value is -0.380. The van der Waals surface area contributed by atoms with Gasteiger partial charge in [-0.25, -0.2) is 0 Å². The minimum absolute atomic E-state index is 0.420. The Balaban J connectivity index is 1.90. The minimum Gasteiger partial charge on any atom is -0.307 e. The lowest BCUT2D eigenvalue weighted by Gasteiger charge is -2.25. The summed E-state index contributed by atoms with van der Waals surface area (Å²) in [6.07, 6.45) is 3.86. The van der Waals surface area contributed by atoms with Crippen LogP contribution in [0.4, 0.5) is 0 Å². The standard InChI is InChI=1S/C17H27BrN2/c1-13(2)20-10-5-8-17(9-11-20)19-14(3)15-6-4-7-16(18)12-15/h4,6-7,12-14,17,19H,5,8-11H2,1-3H3. The Bertz CT molecular complexity index is 419. The monoisotopic (exact) mass is 338 g/mol. The Morgan fingerprint density at radius 2 is 2.00 bits per heavy atom. The molecule has 0 radical (unpaired) electrons. The fraction of sp³-hybridized carbons (Fsp3) is 0.647. The Morgan fingerprint density at radius 1 is 1.20 bits per heavy atom. The van der Waals surface area contributed by atoms with Crippen molar-refractivity contribution in [3.63, 3.8) is 0 Å². The number of likely N-dealkylation sites (tertiary alicyclic amines) is 1. The number of nitrogens with zero attached hydrogens (tertiary/aromatic N) is 1. The van der Waals surface area contributed by atoms with Gasteiger partial charge in [-0.2, -0.15) is 0 Å². The maximum absolute atomic E-state index is 3.81. The van der Waals surface area contributed by atoms with Gasteiger partial charge >= 0.3 is 0 Å². The molecule has 1 aliphatic heterocycles. The first-order valence-electron chi connectivity index (χ1n) is 7.82. The van der Waals surface area contributed by atoms with E-state index < -0.39 is 0 Å². The second kappa shape index (κ2) is 7.58. The van der Waals surface area contributed by atoms with E-state index in [1.807, 2.05) is 0 Å². The number of nitrogens with one attached hydrogen (secondary N) is 1. The molecule has 0 bridgehead atoms. The van der Waals surface area contributed by atoms with E-state index in [2.05, 4.69) is 71.2 Å². The molecule has 0 aromatic heterocycles. The maximum atomic E-state index is 3.81. The number of benzene rings is 1. The van der Waals surface area contributed by atoms with Crippen LogP contribution in [0.1, 0.15) is 51.6 Å². The second-order valence-corrected chi connectivity index (χ2v) is 7.12. The van der Waals surface area contributed by atoms with Crippen molar-refractivity contribution < 1.29 is 0 Å². The molecule has 2 rings (SSSR count). The molecule has 1 saturated heterocycles. The molecular weight excluding hydrogens is 312 g/mol. The Kier molecular flexibility index (Phi) is 6.06. The largest absolute Gasteiger partial charge is 0.307 e. The van der Waals surface area contributed by atoms with Gasteiger partial charge in [-0.3, -0.25) is 0 Å². The lowest BCUT2D eigenvalue weighted by atomic mass is 10.0. The third-order valence-corrected chi connectivity index (χ3v) is 4.82. The highest BCUT2D eigenvalue weighted by Gasteiger charge is 2.20. The molecule has 2 unspecified atom stereocenters. The summed E-state index contributed by atoms with van der Waals surface area (Å²) in [5.41, 5.74) is 1.37. The van der Waals surface area contributed by atoms with E-state index >= 15 is 0 Å². The summed E-state index contributed by atoms with van der Waals surface area (Å²) in [5.74, 6) is 0. The molecule has 1 aromatic rings. The zero-order chi connectivity index (χ0) is 14.5. The highest BCUT2D eigenvalue weighted by Crippen LogP contribution is 2.21. The quantitative estimate of drug-likeness (QED) is 0.877. The predicted octanol–water partition coefficient (Wildman–Crippen LogP) is 4.36. The first-order chi connectivity index (χ1) is 9.56. The van der Waals surface area contributed by atoms with E-state index in [0.717, 1.165) is 4.47 Å². The van der Waals surface area contributed by atoms with Gasteiger partial charge < -0.3 is 10.2 Å². The van der Waals surface area contributed by atoms with Crippen molar-refractivity contribution >= 4 is 15.9 Å². The van der Waals surface area contributed by atoms with Gasteiger partial charge in [0, 0.05) is 22.6 Å². The van der Waals surface area contributed by atoms with Crippen molar-refractivity contribution in [1.82, 2.24) is 10.2 Å². The van der Waals surface area contributed by atoms with Crippen molar-refractivity contribution in [2.45, 2.75) is 58.2 Å². The van der Waals surface area contributed by atoms with E-state index in [9.17, 15) is 0 Å². The summed E-state index contributed by atoms with van der Waals surface area (Å²) >= 11 is 3.56. The summed E-state index contributed by atoms with van der Waals surface area (Å²) in [5, 5.41) is 3.81. The van der Waals surface area contributed by atoms with Crippen LogP contribution in [0.5, 0.6) is 0 Å². The zero-order valence-corrected chi connectivity index (χ0v) is 14.5. The first kappa shape index (κ1) is 16.0.